The second kappa shape index (κ2) is 7.08. The molecule has 2 N–H and O–H groups in total. The Balaban J connectivity index is 2.04. The van der Waals surface area contributed by atoms with Crippen molar-refractivity contribution < 1.29 is 32.6 Å². The SMILES string of the molecule is C[C@@H](NC(=O)[C@H]1COCCN1C(=O)O)c1ccc(C(F)(F)F)cc1. The van der Waals surface area contributed by atoms with Gasteiger partial charge in [0.15, 0.2) is 0 Å². The average Bonchev–Trinajstić information content (AvgIpc) is 2.54. The van der Waals surface area contributed by atoms with Crippen molar-refractivity contribution in [3.8, 4) is 0 Å². The molecule has 1 heterocycles. The highest BCUT2D eigenvalue weighted by atomic mass is 19.4. The summed E-state index contributed by atoms with van der Waals surface area (Å²) in [4.78, 5) is 24.4. The molecule has 0 unspecified atom stereocenters. The predicted molar refractivity (Wildman–Crippen MR) is 77.3 cm³/mol. The van der Waals surface area contributed by atoms with E-state index < -0.39 is 35.8 Å². The third kappa shape index (κ3) is 4.16. The first-order chi connectivity index (χ1) is 11.2. The molecule has 0 aliphatic carbocycles. The number of carboxylic acid groups (broad SMARTS) is 1. The maximum Gasteiger partial charge on any atom is 0.416 e. The molecular formula is C15H17F3N2O4. The highest BCUT2D eigenvalue weighted by Crippen LogP contribution is 2.29. The van der Waals surface area contributed by atoms with Gasteiger partial charge in [0.05, 0.1) is 24.8 Å². The standard InChI is InChI=1S/C15H17F3N2O4/c1-9(10-2-4-11(5-3-10)15(16,17)18)19-13(21)12-8-24-7-6-20(12)14(22)23/h2-5,9,12H,6-8H2,1H3,(H,19,21)(H,22,23)/t9-,12-/m1/s1. The predicted octanol–water partition coefficient (Wildman–Crippen LogP) is 2.26. The van der Waals surface area contributed by atoms with Gasteiger partial charge in [0.2, 0.25) is 5.91 Å². The molecule has 0 spiro atoms. The van der Waals surface area contributed by atoms with Crippen LogP contribution >= 0.6 is 0 Å². The lowest BCUT2D eigenvalue weighted by molar-refractivity contribution is -0.137. The quantitative estimate of drug-likeness (QED) is 0.880. The number of carbonyl (C=O) groups is 2. The Bertz CT molecular complexity index is 604. The minimum Gasteiger partial charge on any atom is -0.465 e. The van der Waals surface area contributed by atoms with Gasteiger partial charge in [-0.1, -0.05) is 12.1 Å². The van der Waals surface area contributed by atoms with Gasteiger partial charge in [0.25, 0.3) is 0 Å². The highest BCUT2D eigenvalue weighted by molar-refractivity contribution is 5.85. The number of alkyl halides is 3. The molecule has 0 aromatic heterocycles. The molecule has 0 bridgehead atoms. The van der Waals surface area contributed by atoms with Gasteiger partial charge >= 0.3 is 12.3 Å². The fraction of sp³-hybridized carbons (Fsp3) is 0.467. The van der Waals surface area contributed by atoms with Crippen molar-refractivity contribution in [3.63, 3.8) is 0 Å². The second-order valence-electron chi connectivity index (χ2n) is 5.42. The van der Waals surface area contributed by atoms with Crippen molar-refractivity contribution in [2.75, 3.05) is 19.8 Å². The Morgan fingerprint density at radius 2 is 1.96 bits per heavy atom. The van der Waals surface area contributed by atoms with Crippen LogP contribution in [0.2, 0.25) is 0 Å². The van der Waals surface area contributed by atoms with E-state index >= 15 is 0 Å². The van der Waals surface area contributed by atoms with Crippen LogP contribution in [0.4, 0.5) is 18.0 Å². The topological polar surface area (TPSA) is 78.9 Å². The summed E-state index contributed by atoms with van der Waals surface area (Å²) in [5.74, 6) is -0.551. The monoisotopic (exact) mass is 346 g/mol. The number of rotatable bonds is 3. The van der Waals surface area contributed by atoms with Crippen LogP contribution in [0.3, 0.4) is 0 Å². The number of amides is 2. The van der Waals surface area contributed by atoms with Gasteiger partial charge in [-0.2, -0.15) is 13.2 Å². The van der Waals surface area contributed by atoms with Crippen molar-refractivity contribution in [1.29, 1.82) is 0 Å². The van der Waals surface area contributed by atoms with Crippen molar-refractivity contribution in [2.24, 2.45) is 0 Å². The van der Waals surface area contributed by atoms with E-state index in [1.54, 1.807) is 6.92 Å². The van der Waals surface area contributed by atoms with Crippen LogP contribution in [0.15, 0.2) is 24.3 Å². The van der Waals surface area contributed by atoms with Gasteiger partial charge in [0, 0.05) is 6.54 Å². The Morgan fingerprint density at radius 1 is 1.33 bits per heavy atom. The van der Waals surface area contributed by atoms with Crippen LogP contribution in [-0.2, 0) is 15.7 Å². The van der Waals surface area contributed by atoms with Gasteiger partial charge in [-0.3, -0.25) is 9.69 Å². The molecule has 24 heavy (non-hydrogen) atoms. The summed E-state index contributed by atoms with van der Waals surface area (Å²) in [7, 11) is 0. The zero-order chi connectivity index (χ0) is 17.9. The van der Waals surface area contributed by atoms with Gasteiger partial charge in [0.1, 0.15) is 6.04 Å². The van der Waals surface area contributed by atoms with Crippen LogP contribution in [0.5, 0.6) is 0 Å². The third-order valence-corrected chi connectivity index (χ3v) is 3.77. The number of hydrogen-bond acceptors (Lipinski definition) is 3. The van der Waals surface area contributed by atoms with E-state index in [4.69, 9.17) is 9.84 Å². The number of carbonyl (C=O) groups excluding carboxylic acids is 1. The van der Waals surface area contributed by atoms with Crippen molar-refractivity contribution in [2.45, 2.75) is 25.2 Å². The van der Waals surface area contributed by atoms with Crippen molar-refractivity contribution in [3.05, 3.63) is 35.4 Å². The molecule has 0 saturated carbocycles. The summed E-state index contributed by atoms with van der Waals surface area (Å²) in [6.45, 7) is 1.85. The molecular weight excluding hydrogens is 329 g/mol. The lowest BCUT2D eigenvalue weighted by atomic mass is 10.1. The lowest BCUT2D eigenvalue weighted by Gasteiger charge is -2.33. The average molecular weight is 346 g/mol. The number of benzene rings is 1. The number of nitrogens with zero attached hydrogens (tertiary/aromatic N) is 1. The molecule has 1 fully saturated rings. The minimum atomic E-state index is -4.42. The maximum absolute atomic E-state index is 12.5. The first-order valence-electron chi connectivity index (χ1n) is 7.25. The lowest BCUT2D eigenvalue weighted by Crippen LogP contribution is -2.55. The van der Waals surface area contributed by atoms with Gasteiger partial charge < -0.3 is 15.2 Å². The zero-order valence-electron chi connectivity index (χ0n) is 12.8. The Hall–Kier alpha value is -2.29. The summed E-state index contributed by atoms with van der Waals surface area (Å²) in [6.07, 6.45) is -5.65. The highest BCUT2D eigenvalue weighted by Gasteiger charge is 2.34. The summed E-state index contributed by atoms with van der Waals surface area (Å²) >= 11 is 0. The number of halogens is 3. The van der Waals surface area contributed by atoms with Gasteiger partial charge in [-0.05, 0) is 24.6 Å². The number of morpholine rings is 1. The smallest absolute Gasteiger partial charge is 0.416 e. The molecule has 132 valence electrons. The molecule has 6 nitrogen and oxygen atoms in total. The Morgan fingerprint density at radius 3 is 2.50 bits per heavy atom. The molecule has 1 aromatic carbocycles. The molecule has 9 heteroatoms. The van der Waals surface area contributed by atoms with E-state index in [9.17, 15) is 22.8 Å². The van der Waals surface area contributed by atoms with E-state index in [1.165, 1.54) is 12.1 Å². The van der Waals surface area contributed by atoms with Crippen molar-refractivity contribution >= 4 is 12.0 Å². The van der Waals surface area contributed by atoms with Crippen molar-refractivity contribution in [1.82, 2.24) is 10.2 Å². The van der Waals surface area contributed by atoms with E-state index in [0.29, 0.717) is 5.56 Å². The normalized spacial score (nSPS) is 19.7. The minimum absolute atomic E-state index is 0.0577. The summed E-state index contributed by atoms with van der Waals surface area (Å²) in [6, 6.07) is 2.88. The van der Waals surface area contributed by atoms with E-state index in [2.05, 4.69) is 5.32 Å². The molecule has 1 saturated heterocycles. The summed E-state index contributed by atoms with van der Waals surface area (Å²) in [5, 5.41) is 11.7. The van der Waals surface area contributed by atoms with Gasteiger partial charge in [-0.15, -0.1) is 0 Å². The number of hydrogen-bond donors (Lipinski definition) is 2. The summed E-state index contributed by atoms with van der Waals surface area (Å²) in [5.41, 5.74) is -0.294. The first-order valence-corrected chi connectivity index (χ1v) is 7.25. The zero-order valence-corrected chi connectivity index (χ0v) is 12.8. The number of ether oxygens (including phenoxy) is 1. The largest absolute Gasteiger partial charge is 0.465 e. The number of nitrogens with one attached hydrogen (secondary N) is 1. The van der Waals surface area contributed by atoms with E-state index in [1.807, 2.05) is 0 Å². The molecule has 1 aliphatic rings. The summed E-state index contributed by atoms with van der Waals surface area (Å²) < 4.78 is 42.8. The van der Waals surface area contributed by atoms with Crippen LogP contribution in [0.25, 0.3) is 0 Å². The molecule has 2 amide bonds. The fourth-order valence-electron chi connectivity index (χ4n) is 2.40. The Kier molecular flexibility index (Phi) is 5.33. The van der Waals surface area contributed by atoms with Crippen LogP contribution in [0.1, 0.15) is 24.1 Å². The molecule has 1 aliphatic heterocycles. The van der Waals surface area contributed by atoms with E-state index in [0.717, 1.165) is 17.0 Å². The van der Waals surface area contributed by atoms with Crippen LogP contribution in [-0.4, -0.2) is 47.8 Å². The third-order valence-electron chi connectivity index (χ3n) is 3.77. The maximum atomic E-state index is 12.5. The fourth-order valence-corrected chi connectivity index (χ4v) is 2.40. The van der Waals surface area contributed by atoms with Gasteiger partial charge in [-0.25, -0.2) is 4.79 Å². The first kappa shape index (κ1) is 18.1. The molecule has 2 rings (SSSR count). The van der Waals surface area contributed by atoms with Crippen LogP contribution < -0.4 is 5.32 Å². The van der Waals surface area contributed by atoms with Crippen LogP contribution in [0, 0.1) is 0 Å². The Labute approximate surface area is 136 Å². The second-order valence-corrected chi connectivity index (χ2v) is 5.42. The molecule has 0 radical (unpaired) electrons. The molecule has 2 atom stereocenters. The van der Waals surface area contributed by atoms with E-state index in [-0.39, 0.29) is 19.8 Å². The molecule has 1 aromatic rings.